The molecule has 1 unspecified atom stereocenters. The summed E-state index contributed by atoms with van der Waals surface area (Å²) in [6.45, 7) is 9.37. The molecule has 2 aliphatic rings. The largest absolute Gasteiger partial charge is 0.387 e. The standard InChI is InChI=1S/C31H39N7O/c1-20-23(19-32)9-8-12-25(20)21(2)34-30-27-18-29(33-4)28(17-26(27)22(3)35-36-30)31(39)38-15-13-37(14-16-38)24-10-6-5-7-11-24/h8-9,12,17-18,21,24,33H,5-7,10-11,13-16H2,1-4H3,(H,34,36). The molecular formula is C31H39N7O. The number of aromatic nitrogens is 2. The first kappa shape index (κ1) is 26.9. The number of aryl methyl sites for hydroxylation is 1. The van der Waals surface area contributed by atoms with E-state index in [9.17, 15) is 10.1 Å². The van der Waals surface area contributed by atoms with Gasteiger partial charge in [0.2, 0.25) is 0 Å². The van der Waals surface area contributed by atoms with Crippen LogP contribution in [0.25, 0.3) is 10.8 Å². The highest BCUT2D eigenvalue weighted by atomic mass is 16.2. The van der Waals surface area contributed by atoms with Crippen molar-refractivity contribution in [1.82, 2.24) is 20.0 Å². The molecule has 3 aromatic rings. The van der Waals surface area contributed by atoms with Crippen LogP contribution in [0.15, 0.2) is 30.3 Å². The molecule has 0 spiro atoms. The van der Waals surface area contributed by atoms with Gasteiger partial charge in [-0.3, -0.25) is 9.69 Å². The number of hydrogen-bond acceptors (Lipinski definition) is 7. The molecule has 5 rings (SSSR count). The highest BCUT2D eigenvalue weighted by Crippen LogP contribution is 2.33. The normalized spacial score (nSPS) is 17.6. The van der Waals surface area contributed by atoms with Gasteiger partial charge in [0.05, 0.1) is 28.9 Å². The van der Waals surface area contributed by atoms with Gasteiger partial charge >= 0.3 is 0 Å². The Morgan fingerprint density at radius 3 is 2.49 bits per heavy atom. The van der Waals surface area contributed by atoms with Crippen LogP contribution < -0.4 is 10.6 Å². The van der Waals surface area contributed by atoms with Crippen molar-refractivity contribution in [3.05, 3.63) is 58.3 Å². The van der Waals surface area contributed by atoms with Crippen molar-refractivity contribution in [3.8, 4) is 6.07 Å². The molecule has 2 N–H and O–H groups in total. The molecule has 1 saturated heterocycles. The number of amides is 1. The Morgan fingerprint density at radius 1 is 1.05 bits per heavy atom. The van der Waals surface area contributed by atoms with E-state index in [0.29, 0.717) is 23.0 Å². The summed E-state index contributed by atoms with van der Waals surface area (Å²) in [5, 5.41) is 26.9. The average molecular weight is 526 g/mol. The van der Waals surface area contributed by atoms with Gasteiger partial charge in [-0.15, -0.1) is 5.10 Å². The third-order valence-corrected chi connectivity index (χ3v) is 8.61. The van der Waals surface area contributed by atoms with E-state index < -0.39 is 0 Å². The Bertz CT molecular complexity index is 1400. The van der Waals surface area contributed by atoms with Crippen molar-refractivity contribution >= 4 is 28.2 Å². The third-order valence-electron chi connectivity index (χ3n) is 8.61. The molecule has 1 aliphatic heterocycles. The Balaban J connectivity index is 1.40. The zero-order valence-electron chi connectivity index (χ0n) is 23.5. The lowest BCUT2D eigenvalue weighted by molar-refractivity contribution is 0.0524. The van der Waals surface area contributed by atoms with Gasteiger partial charge in [0.15, 0.2) is 5.82 Å². The number of rotatable bonds is 6. The number of fused-ring (bicyclic) bond motifs is 1. The molecule has 0 radical (unpaired) electrons. The fraction of sp³-hybridized carbons (Fsp3) is 0.484. The number of piperazine rings is 1. The lowest BCUT2D eigenvalue weighted by atomic mass is 9.94. The molecule has 1 saturated carbocycles. The van der Waals surface area contributed by atoms with Crippen molar-refractivity contribution in [2.45, 2.75) is 65.0 Å². The van der Waals surface area contributed by atoms with Gasteiger partial charge in [0.1, 0.15) is 0 Å². The van der Waals surface area contributed by atoms with Crippen molar-refractivity contribution in [2.75, 3.05) is 43.9 Å². The van der Waals surface area contributed by atoms with Crippen molar-refractivity contribution in [3.63, 3.8) is 0 Å². The zero-order valence-corrected chi connectivity index (χ0v) is 23.5. The quantitative estimate of drug-likeness (QED) is 0.443. The summed E-state index contributed by atoms with van der Waals surface area (Å²) in [6.07, 6.45) is 6.60. The summed E-state index contributed by atoms with van der Waals surface area (Å²) in [5.74, 6) is 0.717. The molecule has 1 atom stereocenters. The molecule has 8 nitrogen and oxygen atoms in total. The third kappa shape index (κ3) is 5.41. The maximum Gasteiger partial charge on any atom is 0.256 e. The lowest BCUT2D eigenvalue weighted by Gasteiger charge is -2.40. The second-order valence-corrected chi connectivity index (χ2v) is 10.9. The highest BCUT2D eigenvalue weighted by Gasteiger charge is 2.29. The molecule has 2 heterocycles. The average Bonchev–Trinajstić information content (AvgIpc) is 2.98. The summed E-state index contributed by atoms with van der Waals surface area (Å²) >= 11 is 0. The van der Waals surface area contributed by atoms with Crippen LogP contribution >= 0.6 is 0 Å². The van der Waals surface area contributed by atoms with Gasteiger partial charge < -0.3 is 15.5 Å². The van der Waals surface area contributed by atoms with E-state index in [1.54, 1.807) is 0 Å². The number of hydrogen-bond donors (Lipinski definition) is 2. The van der Waals surface area contributed by atoms with Gasteiger partial charge in [-0.25, -0.2) is 0 Å². The monoisotopic (exact) mass is 525 g/mol. The summed E-state index contributed by atoms with van der Waals surface area (Å²) < 4.78 is 0. The smallest absolute Gasteiger partial charge is 0.256 e. The van der Waals surface area contributed by atoms with E-state index in [-0.39, 0.29) is 11.9 Å². The van der Waals surface area contributed by atoms with E-state index in [1.165, 1.54) is 32.1 Å². The molecule has 1 aliphatic carbocycles. The van der Waals surface area contributed by atoms with Crippen LogP contribution in [0.3, 0.4) is 0 Å². The molecule has 0 bridgehead atoms. The summed E-state index contributed by atoms with van der Waals surface area (Å²) in [7, 11) is 1.85. The Kier molecular flexibility index (Phi) is 7.99. The molecule has 39 heavy (non-hydrogen) atoms. The number of anilines is 2. The SMILES string of the molecule is CNc1cc2c(NC(C)c3cccc(C#N)c3C)nnc(C)c2cc1C(=O)N1CCN(C2CCCCC2)CC1. The number of carbonyl (C=O) groups excluding carboxylic acids is 1. The Hall–Kier alpha value is -3.70. The molecule has 8 heteroatoms. The molecule has 204 valence electrons. The minimum absolute atomic E-state index is 0.0626. The number of nitriles is 1. The first-order valence-corrected chi connectivity index (χ1v) is 14.2. The first-order valence-electron chi connectivity index (χ1n) is 14.2. The van der Waals surface area contributed by atoms with Gasteiger partial charge in [-0.2, -0.15) is 10.4 Å². The molecule has 2 aromatic carbocycles. The van der Waals surface area contributed by atoms with E-state index in [0.717, 1.165) is 59.5 Å². The lowest BCUT2D eigenvalue weighted by Crippen LogP contribution is -2.52. The van der Waals surface area contributed by atoms with Crippen LogP contribution in [0, 0.1) is 25.2 Å². The first-order chi connectivity index (χ1) is 18.9. The molecular weight excluding hydrogens is 486 g/mol. The number of nitrogens with one attached hydrogen (secondary N) is 2. The predicted octanol–water partition coefficient (Wildman–Crippen LogP) is 5.42. The molecule has 1 aromatic heterocycles. The van der Waals surface area contributed by atoms with E-state index in [2.05, 4.69) is 38.7 Å². The number of nitrogens with zero attached hydrogens (tertiary/aromatic N) is 5. The summed E-state index contributed by atoms with van der Waals surface area (Å²) in [6, 6.07) is 12.6. The van der Waals surface area contributed by atoms with Crippen LogP contribution in [0.1, 0.15) is 77.8 Å². The summed E-state index contributed by atoms with van der Waals surface area (Å²) in [5.41, 5.74) is 4.90. The number of carbonyl (C=O) groups is 1. The number of benzene rings is 2. The predicted molar refractivity (Wildman–Crippen MR) is 156 cm³/mol. The zero-order chi connectivity index (χ0) is 27.5. The van der Waals surface area contributed by atoms with Crippen LogP contribution in [0.2, 0.25) is 0 Å². The van der Waals surface area contributed by atoms with Crippen LogP contribution in [-0.4, -0.2) is 65.2 Å². The van der Waals surface area contributed by atoms with Gasteiger partial charge in [0.25, 0.3) is 5.91 Å². The fourth-order valence-corrected chi connectivity index (χ4v) is 6.25. The van der Waals surface area contributed by atoms with Crippen molar-refractivity contribution < 1.29 is 4.79 Å². The van der Waals surface area contributed by atoms with Crippen LogP contribution in [0.5, 0.6) is 0 Å². The topological polar surface area (TPSA) is 97.2 Å². The second kappa shape index (κ2) is 11.6. The minimum Gasteiger partial charge on any atom is -0.387 e. The maximum absolute atomic E-state index is 13.8. The Labute approximate surface area is 231 Å². The van der Waals surface area contributed by atoms with Crippen LogP contribution in [0.4, 0.5) is 11.5 Å². The fourth-order valence-electron chi connectivity index (χ4n) is 6.25. The van der Waals surface area contributed by atoms with Gasteiger partial charge in [0, 0.05) is 55.7 Å². The maximum atomic E-state index is 13.8. The van der Waals surface area contributed by atoms with E-state index in [4.69, 9.17) is 0 Å². The van der Waals surface area contributed by atoms with E-state index in [1.807, 2.05) is 56.1 Å². The van der Waals surface area contributed by atoms with Crippen molar-refractivity contribution in [1.29, 1.82) is 5.26 Å². The Morgan fingerprint density at radius 2 is 1.79 bits per heavy atom. The van der Waals surface area contributed by atoms with Crippen LogP contribution in [-0.2, 0) is 0 Å². The second-order valence-electron chi connectivity index (χ2n) is 10.9. The summed E-state index contributed by atoms with van der Waals surface area (Å²) in [4.78, 5) is 18.3. The highest BCUT2D eigenvalue weighted by molar-refractivity contribution is 6.06. The molecule has 1 amide bonds. The van der Waals surface area contributed by atoms with E-state index >= 15 is 0 Å². The van der Waals surface area contributed by atoms with Gasteiger partial charge in [-0.05, 0) is 62.9 Å². The molecule has 2 fully saturated rings. The van der Waals surface area contributed by atoms with Gasteiger partial charge in [-0.1, -0.05) is 31.4 Å². The minimum atomic E-state index is -0.0849. The van der Waals surface area contributed by atoms with Crippen molar-refractivity contribution in [2.24, 2.45) is 0 Å².